The molecule has 0 spiro atoms. The van der Waals surface area contributed by atoms with Crippen molar-refractivity contribution in [3.63, 3.8) is 0 Å². The normalized spacial score (nSPS) is 15.8. The fraction of sp³-hybridized carbons (Fsp3) is 0.381. The molecule has 1 heterocycles. The number of amides is 1. The Kier molecular flexibility index (Phi) is 6.65. The summed E-state index contributed by atoms with van der Waals surface area (Å²) in [4.78, 5) is 27.7. The molecule has 0 saturated carbocycles. The molecule has 0 aromatic heterocycles. The minimum absolute atomic E-state index is 0.0609. The fourth-order valence-electron chi connectivity index (χ4n) is 3.78. The number of para-hydroxylation sites is 2. The van der Waals surface area contributed by atoms with E-state index in [2.05, 4.69) is 0 Å². The van der Waals surface area contributed by atoms with Crippen molar-refractivity contribution >= 4 is 40.5 Å². The molecule has 2 aromatic rings. The number of nitrogens with zero attached hydrogens (tertiary/aromatic N) is 3. The Hall–Kier alpha value is -2.31. The van der Waals surface area contributed by atoms with Gasteiger partial charge in [0.1, 0.15) is 5.69 Å². The smallest absolute Gasteiger partial charge is 0.292 e. The van der Waals surface area contributed by atoms with Crippen LogP contribution in [0.4, 0.5) is 11.4 Å². The number of benzene rings is 2. The molecule has 1 unspecified atom stereocenters. The lowest BCUT2D eigenvalue weighted by molar-refractivity contribution is -0.384. The predicted octanol–water partition coefficient (Wildman–Crippen LogP) is 5.34. The number of anilines is 1. The van der Waals surface area contributed by atoms with Gasteiger partial charge in [-0.15, -0.1) is 0 Å². The van der Waals surface area contributed by atoms with Gasteiger partial charge in [0.05, 0.1) is 11.0 Å². The summed E-state index contributed by atoms with van der Waals surface area (Å²) in [7, 11) is 1.78. The van der Waals surface area contributed by atoms with E-state index in [1.807, 2.05) is 17.9 Å². The van der Waals surface area contributed by atoms with Gasteiger partial charge < -0.3 is 9.80 Å². The third-order valence-electron chi connectivity index (χ3n) is 5.60. The molecule has 154 valence electrons. The highest BCUT2D eigenvalue weighted by Gasteiger charge is 2.31. The summed E-state index contributed by atoms with van der Waals surface area (Å²) in [6.45, 7) is 3.14. The maximum absolute atomic E-state index is 13.0. The summed E-state index contributed by atoms with van der Waals surface area (Å²) in [6, 6.07) is 11.8. The Morgan fingerprint density at radius 2 is 1.86 bits per heavy atom. The van der Waals surface area contributed by atoms with Crippen LogP contribution in [0.25, 0.3) is 0 Å². The second-order valence-corrected chi connectivity index (χ2v) is 8.14. The van der Waals surface area contributed by atoms with Crippen LogP contribution in [0.2, 0.25) is 10.0 Å². The summed E-state index contributed by atoms with van der Waals surface area (Å²) in [5.74, 6) is -0.0572. The van der Waals surface area contributed by atoms with Crippen LogP contribution in [-0.4, -0.2) is 35.9 Å². The lowest BCUT2D eigenvalue weighted by Gasteiger charge is -2.36. The molecule has 8 heteroatoms. The number of carbonyl (C=O) groups is 1. The first-order valence-corrected chi connectivity index (χ1v) is 10.2. The first-order valence-electron chi connectivity index (χ1n) is 9.49. The van der Waals surface area contributed by atoms with E-state index in [0.717, 1.165) is 5.56 Å². The Bertz CT molecular complexity index is 914. The van der Waals surface area contributed by atoms with Crippen LogP contribution >= 0.6 is 23.2 Å². The number of piperidine rings is 1. The molecule has 1 amide bonds. The number of hydrogen-bond acceptors (Lipinski definition) is 4. The van der Waals surface area contributed by atoms with E-state index in [9.17, 15) is 14.9 Å². The molecule has 1 aliphatic rings. The summed E-state index contributed by atoms with van der Waals surface area (Å²) < 4.78 is 0. The zero-order valence-corrected chi connectivity index (χ0v) is 17.9. The van der Waals surface area contributed by atoms with Crippen molar-refractivity contribution in [2.45, 2.75) is 25.8 Å². The lowest BCUT2D eigenvalue weighted by atomic mass is 9.93. The van der Waals surface area contributed by atoms with Crippen LogP contribution in [0.1, 0.15) is 31.4 Å². The minimum Gasteiger partial charge on any atom is -0.366 e. The average Bonchev–Trinajstić information content (AvgIpc) is 2.72. The highest BCUT2D eigenvalue weighted by molar-refractivity contribution is 6.35. The topological polar surface area (TPSA) is 66.7 Å². The Morgan fingerprint density at radius 1 is 1.21 bits per heavy atom. The highest BCUT2D eigenvalue weighted by Crippen LogP contribution is 2.33. The number of hydrogen-bond donors (Lipinski definition) is 0. The van der Waals surface area contributed by atoms with Crippen molar-refractivity contribution in [2.24, 2.45) is 5.92 Å². The molecule has 2 aromatic carbocycles. The third kappa shape index (κ3) is 4.65. The predicted molar refractivity (Wildman–Crippen MR) is 116 cm³/mol. The van der Waals surface area contributed by atoms with Gasteiger partial charge in [-0.2, -0.15) is 0 Å². The Labute approximate surface area is 180 Å². The standard InChI is InChI=1S/C21H23Cl2N3O3/c1-14(17-8-7-16(22)13-18(17)23)24(2)21(27)15-9-11-25(12-10-15)19-5-3-4-6-20(19)26(28)29/h3-8,13-15H,9-12H2,1-2H3. The van der Waals surface area contributed by atoms with Gasteiger partial charge >= 0.3 is 0 Å². The van der Waals surface area contributed by atoms with Crippen LogP contribution < -0.4 is 4.90 Å². The first kappa shape index (κ1) is 21.4. The molecule has 3 rings (SSSR count). The van der Waals surface area contributed by atoms with E-state index in [-0.39, 0.29) is 28.5 Å². The highest BCUT2D eigenvalue weighted by atomic mass is 35.5. The van der Waals surface area contributed by atoms with Crippen molar-refractivity contribution in [3.8, 4) is 0 Å². The molecule has 1 fully saturated rings. The van der Waals surface area contributed by atoms with E-state index in [1.54, 1.807) is 42.3 Å². The number of carbonyl (C=O) groups excluding carboxylic acids is 1. The van der Waals surface area contributed by atoms with Gasteiger partial charge in [0.2, 0.25) is 5.91 Å². The van der Waals surface area contributed by atoms with Crippen LogP contribution in [0.3, 0.4) is 0 Å². The summed E-state index contributed by atoms with van der Waals surface area (Å²) in [5.41, 5.74) is 1.56. The molecule has 1 atom stereocenters. The second-order valence-electron chi connectivity index (χ2n) is 7.30. The summed E-state index contributed by atoms with van der Waals surface area (Å²) in [6.07, 6.45) is 1.30. The molecule has 1 saturated heterocycles. The second kappa shape index (κ2) is 9.01. The molecule has 0 aliphatic carbocycles. The van der Waals surface area contributed by atoms with Gasteiger partial charge in [-0.3, -0.25) is 14.9 Å². The first-order chi connectivity index (χ1) is 13.8. The Balaban J connectivity index is 1.66. The maximum atomic E-state index is 13.0. The molecular weight excluding hydrogens is 413 g/mol. The number of rotatable bonds is 5. The van der Waals surface area contributed by atoms with Crippen LogP contribution in [0.15, 0.2) is 42.5 Å². The third-order valence-corrected chi connectivity index (χ3v) is 6.17. The van der Waals surface area contributed by atoms with Crippen LogP contribution in [0.5, 0.6) is 0 Å². The average molecular weight is 436 g/mol. The molecular formula is C21H23Cl2N3O3. The van der Waals surface area contributed by atoms with Crippen molar-refractivity contribution < 1.29 is 9.72 Å². The zero-order chi connectivity index (χ0) is 21.1. The van der Waals surface area contributed by atoms with E-state index in [4.69, 9.17) is 23.2 Å². The largest absolute Gasteiger partial charge is 0.366 e. The minimum atomic E-state index is -0.363. The van der Waals surface area contributed by atoms with Crippen molar-refractivity contribution in [2.75, 3.05) is 25.0 Å². The van der Waals surface area contributed by atoms with Gasteiger partial charge in [-0.05, 0) is 43.5 Å². The molecule has 1 aliphatic heterocycles. The van der Waals surface area contributed by atoms with Gasteiger partial charge in [0, 0.05) is 42.2 Å². The van der Waals surface area contributed by atoms with Crippen molar-refractivity contribution in [3.05, 3.63) is 68.2 Å². The van der Waals surface area contributed by atoms with E-state index < -0.39 is 0 Å². The van der Waals surface area contributed by atoms with Crippen LogP contribution in [0, 0.1) is 16.0 Å². The Morgan fingerprint density at radius 3 is 2.48 bits per heavy atom. The zero-order valence-electron chi connectivity index (χ0n) is 16.3. The summed E-state index contributed by atoms with van der Waals surface area (Å²) in [5, 5.41) is 12.4. The van der Waals surface area contributed by atoms with Crippen molar-refractivity contribution in [1.29, 1.82) is 0 Å². The fourth-order valence-corrected chi connectivity index (χ4v) is 4.35. The number of nitro benzene ring substituents is 1. The number of halogens is 2. The maximum Gasteiger partial charge on any atom is 0.292 e. The molecule has 0 radical (unpaired) electrons. The van der Waals surface area contributed by atoms with E-state index >= 15 is 0 Å². The van der Waals surface area contributed by atoms with E-state index in [1.165, 1.54) is 6.07 Å². The molecule has 0 bridgehead atoms. The van der Waals surface area contributed by atoms with Crippen LogP contribution in [-0.2, 0) is 4.79 Å². The monoisotopic (exact) mass is 435 g/mol. The van der Waals surface area contributed by atoms with Gasteiger partial charge in [-0.25, -0.2) is 0 Å². The quantitative estimate of drug-likeness (QED) is 0.469. The van der Waals surface area contributed by atoms with Gasteiger partial charge in [0.15, 0.2) is 0 Å². The SMILES string of the molecule is CC(c1ccc(Cl)cc1Cl)N(C)C(=O)C1CCN(c2ccccc2[N+](=O)[O-])CC1. The molecule has 29 heavy (non-hydrogen) atoms. The van der Waals surface area contributed by atoms with Gasteiger partial charge in [-0.1, -0.05) is 41.4 Å². The van der Waals surface area contributed by atoms with E-state index in [0.29, 0.717) is 41.7 Å². The van der Waals surface area contributed by atoms with Crippen molar-refractivity contribution in [1.82, 2.24) is 4.90 Å². The molecule has 0 N–H and O–H groups in total. The molecule has 6 nitrogen and oxygen atoms in total. The lowest BCUT2D eigenvalue weighted by Crippen LogP contribution is -2.42. The summed E-state index contributed by atoms with van der Waals surface area (Å²) >= 11 is 12.3. The van der Waals surface area contributed by atoms with Gasteiger partial charge in [0.25, 0.3) is 5.69 Å². The number of nitro groups is 1.